The minimum atomic E-state index is -1.61. The maximum atomic E-state index is 12.1. The number of pyridine rings is 2. The van der Waals surface area contributed by atoms with Crippen molar-refractivity contribution in [3.05, 3.63) is 108 Å². The van der Waals surface area contributed by atoms with Crippen molar-refractivity contribution >= 4 is 31.1 Å². The van der Waals surface area contributed by atoms with Crippen LogP contribution in [0.5, 0.6) is 0 Å². The number of nitrogens with zero attached hydrogens (tertiary/aromatic N) is 2. The molecule has 1 amide bonds. The van der Waals surface area contributed by atoms with E-state index in [0.717, 1.165) is 16.7 Å². The third-order valence-corrected chi connectivity index (χ3v) is 5.77. The number of hydrogen-bond donors (Lipinski definition) is 5. The van der Waals surface area contributed by atoms with E-state index in [0.29, 0.717) is 35.1 Å². The van der Waals surface area contributed by atoms with Crippen LogP contribution >= 0.6 is 0 Å². The Labute approximate surface area is 203 Å². The maximum absolute atomic E-state index is 12.1. The molecule has 6 N–H and O–H groups in total. The molecular formula is C25H25B2N3O5+2. The Hall–Kier alpha value is -3.82. The number of carbonyl (C=O) groups is 1. The lowest BCUT2D eigenvalue weighted by Crippen LogP contribution is -2.41. The number of benzene rings is 2. The van der Waals surface area contributed by atoms with Crippen molar-refractivity contribution in [3.63, 3.8) is 0 Å². The fraction of sp³-hybridized carbons (Fsp3) is 0.0800. The fourth-order valence-electron chi connectivity index (χ4n) is 4.07. The number of nitrogens with two attached hydrogens (primary N) is 1. The first-order chi connectivity index (χ1) is 16.8. The zero-order chi connectivity index (χ0) is 24.9. The van der Waals surface area contributed by atoms with Gasteiger partial charge >= 0.3 is 14.2 Å². The first-order valence-electron chi connectivity index (χ1n) is 11.0. The Morgan fingerprint density at radius 3 is 1.83 bits per heavy atom. The summed E-state index contributed by atoms with van der Waals surface area (Å²) in [6, 6.07) is 19.5. The highest BCUT2D eigenvalue weighted by Crippen LogP contribution is 2.17. The molecule has 0 aliphatic heterocycles. The summed E-state index contributed by atoms with van der Waals surface area (Å²) in [6.07, 6.45) is 7.26. The molecule has 0 aliphatic carbocycles. The Bertz CT molecular complexity index is 1360. The lowest BCUT2D eigenvalue weighted by molar-refractivity contribution is -0.689. The van der Waals surface area contributed by atoms with Crippen LogP contribution in [0.1, 0.15) is 21.5 Å². The molecule has 2 heterocycles. The normalized spacial score (nSPS) is 10.7. The van der Waals surface area contributed by atoms with Crippen LogP contribution in [0.25, 0.3) is 11.1 Å². The van der Waals surface area contributed by atoms with Crippen molar-refractivity contribution in [2.24, 2.45) is 5.73 Å². The van der Waals surface area contributed by atoms with Crippen molar-refractivity contribution in [1.82, 2.24) is 0 Å². The van der Waals surface area contributed by atoms with Gasteiger partial charge in [-0.25, -0.2) is 4.57 Å². The minimum absolute atomic E-state index is 0.302. The number of primary amides is 1. The molecule has 0 unspecified atom stereocenters. The highest BCUT2D eigenvalue weighted by molar-refractivity contribution is 6.59. The van der Waals surface area contributed by atoms with Gasteiger partial charge in [0.05, 0.1) is 11.1 Å². The molecule has 0 bridgehead atoms. The summed E-state index contributed by atoms with van der Waals surface area (Å²) in [5.41, 5.74) is 9.75. The monoisotopic (exact) mass is 469 g/mol. The van der Waals surface area contributed by atoms with Gasteiger partial charge in [-0.3, -0.25) is 4.79 Å². The van der Waals surface area contributed by atoms with E-state index in [1.807, 2.05) is 53.5 Å². The topological polar surface area (TPSA) is 132 Å². The van der Waals surface area contributed by atoms with Gasteiger partial charge in [0, 0.05) is 17.2 Å². The van der Waals surface area contributed by atoms with E-state index in [4.69, 9.17) is 5.73 Å². The van der Waals surface area contributed by atoms with Crippen LogP contribution in [0.4, 0.5) is 0 Å². The lowest BCUT2D eigenvalue weighted by Gasteiger charge is -2.08. The van der Waals surface area contributed by atoms with Crippen LogP contribution in [-0.2, 0) is 13.1 Å². The van der Waals surface area contributed by atoms with Crippen molar-refractivity contribution in [2.45, 2.75) is 13.1 Å². The largest absolute Gasteiger partial charge is 0.488 e. The van der Waals surface area contributed by atoms with Crippen LogP contribution in [0.2, 0.25) is 0 Å². The van der Waals surface area contributed by atoms with Crippen LogP contribution < -0.4 is 25.8 Å². The summed E-state index contributed by atoms with van der Waals surface area (Å²) in [7, 11) is -3.18. The zero-order valence-electron chi connectivity index (χ0n) is 18.9. The minimum Gasteiger partial charge on any atom is -0.423 e. The third-order valence-electron chi connectivity index (χ3n) is 5.77. The Balaban J connectivity index is 1.70. The highest BCUT2D eigenvalue weighted by atomic mass is 16.4. The van der Waals surface area contributed by atoms with E-state index >= 15 is 0 Å². The van der Waals surface area contributed by atoms with Gasteiger partial charge in [-0.05, 0) is 23.1 Å². The van der Waals surface area contributed by atoms with Gasteiger partial charge in [0.2, 0.25) is 0 Å². The molecular weight excluding hydrogens is 444 g/mol. The van der Waals surface area contributed by atoms with Gasteiger partial charge < -0.3 is 25.8 Å². The standard InChI is InChI=1S/C25H24B2N3O5/c28-25(31)22-12-21(16-30(17-22)15-20-7-2-4-10-24(20)27(34)35)18-8-5-11-29(13-18)14-19-6-1-3-9-23(19)26(32)33/h1-13,16-17,32-35H,14-15H2,(H-,28,31)/q+1/p+1. The molecule has 2 aromatic heterocycles. The SMILES string of the molecule is NC(=O)c1cc(-c2ccc[n+](Cc3ccccc3B(O)O)c2)c[n+](Cc2ccccc2B(O)O)c1. The van der Waals surface area contributed by atoms with Crippen LogP contribution in [0, 0.1) is 0 Å². The molecule has 0 spiro atoms. The van der Waals surface area contributed by atoms with Crippen molar-refractivity contribution in [1.29, 1.82) is 0 Å². The van der Waals surface area contributed by atoms with Crippen molar-refractivity contribution in [3.8, 4) is 11.1 Å². The van der Waals surface area contributed by atoms with Crippen molar-refractivity contribution < 1.29 is 34.0 Å². The quantitative estimate of drug-likeness (QED) is 0.158. The summed E-state index contributed by atoms with van der Waals surface area (Å²) in [6.45, 7) is 0.718. The zero-order valence-corrected chi connectivity index (χ0v) is 18.9. The summed E-state index contributed by atoms with van der Waals surface area (Å²) in [5, 5.41) is 38.7. The molecule has 0 saturated heterocycles. The average molecular weight is 469 g/mol. The Morgan fingerprint density at radius 1 is 0.714 bits per heavy atom. The third kappa shape index (κ3) is 5.82. The summed E-state index contributed by atoms with van der Waals surface area (Å²) in [4.78, 5) is 12.1. The molecule has 0 atom stereocenters. The van der Waals surface area contributed by atoms with E-state index in [1.165, 1.54) is 0 Å². The summed E-state index contributed by atoms with van der Waals surface area (Å²) in [5.74, 6) is -0.578. The van der Waals surface area contributed by atoms with E-state index in [2.05, 4.69) is 0 Å². The van der Waals surface area contributed by atoms with E-state index in [-0.39, 0.29) is 0 Å². The van der Waals surface area contributed by atoms with Crippen molar-refractivity contribution in [2.75, 3.05) is 0 Å². The number of aromatic nitrogens is 2. The number of rotatable bonds is 8. The number of hydrogen-bond acceptors (Lipinski definition) is 5. The van der Waals surface area contributed by atoms with Gasteiger partial charge in [-0.1, -0.05) is 48.5 Å². The second-order valence-corrected chi connectivity index (χ2v) is 8.26. The molecule has 4 rings (SSSR count). The average Bonchev–Trinajstić information content (AvgIpc) is 2.84. The molecule has 0 saturated carbocycles. The molecule has 8 nitrogen and oxygen atoms in total. The number of carbonyl (C=O) groups excluding carboxylic acids is 1. The van der Waals surface area contributed by atoms with Crippen LogP contribution in [0.3, 0.4) is 0 Å². The van der Waals surface area contributed by atoms with E-state index in [9.17, 15) is 24.9 Å². The summed E-state index contributed by atoms with van der Waals surface area (Å²) < 4.78 is 3.70. The van der Waals surface area contributed by atoms with Crippen LogP contribution in [-0.4, -0.2) is 40.2 Å². The molecule has 0 radical (unpaired) electrons. The number of amides is 1. The van der Waals surface area contributed by atoms with Crippen LogP contribution in [0.15, 0.2) is 91.5 Å². The van der Waals surface area contributed by atoms with Gasteiger partial charge in [-0.2, -0.15) is 4.57 Å². The molecule has 2 aromatic carbocycles. The second-order valence-electron chi connectivity index (χ2n) is 8.26. The molecule has 0 aliphatic rings. The van der Waals surface area contributed by atoms with Gasteiger partial charge in [0.1, 0.15) is 5.56 Å². The molecule has 4 aromatic rings. The second kappa shape index (κ2) is 10.6. The lowest BCUT2D eigenvalue weighted by atomic mass is 9.77. The maximum Gasteiger partial charge on any atom is 0.488 e. The smallest absolute Gasteiger partial charge is 0.423 e. The van der Waals surface area contributed by atoms with E-state index < -0.39 is 20.1 Å². The van der Waals surface area contributed by atoms with Gasteiger partial charge in [-0.15, -0.1) is 0 Å². The first-order valence-corrected chi connectivity index (χ1v) is 11.0. The molecule has 35 heavy (non-hydrogen) atoms. The van der Waals surface area contributed by atoms with Gasteiger partial charge in [0.25, 0.3) is 5.91 Å². The summed E-state index contributed by atoms with van der Waals surface area (Å²) >= 11 is 0. The molecule has 174 valence electrons. The molecule has 0 fully saturated rings. The molecule has 10 heteroatoms. The van der Waals surface area contributed by atoms with E-state index in [1.54, 1.807) is 47.2 Å². The Kier molecular flexibility index (Phi) is 7.38. The fourth-order valence-corrected chi connectivity index (χ4v) is 4.07. The predicted molar refractivity (Wildman–Crippen MR) is 132 cm³/mol. The predicted octanol–water partition coefficient (Wildman–Crippen LogP) is -1.52. The van der Waals surface area contributed by atoms with Gasteiger partial charge in [0.15, 0.2) is 37.9 Å². The highest BCUT2D eigenvalue weighted by Gasteiger charge is 2.21. The Morgan fingerprint density at radius 2 is 1.26 bits per heavy atom. The first kappa shape index (κ1) is 24.3.